The average Bonchev–Trinajstić information content (AvgIpc) is 3.25. The van der Waals surface area contributed by atoms with Crippen LogP contribution in [-0.4, -0.2) is 45.0 Å². The molecule has 1 fully saturated rings. The number of aromatic amines is 1. The van der Waals surface area contributed by atoms with E-state index >= 15 is 0 Å². The molecular weight excluding hydrogens is 344 g/mol. The zero-order chi connectivity index (χ0) is 17.6. The fraction of sp³-hybridized carbons (Fsp3) is 0.375. The van der Waals surface area contributed by atoms with Crippen molar-refractivity contribution < 1.29 is 14.3 Å². The van der Waals surface area contributed by atoms with Gasteiger partial charge in [0.15, 0.2) is 5.16 Å². The lowest BCUT2D eigenvalue weighted by Gasteiger charge is -2.10. The monoisotopic (exact) mass is 362 g/mol. The van der Waals surface area contributed by atoms with Crippen LogP contribution in [-0.2, 0) is 16.1 Å². The van der Waals surface area contributed by atoms with Crippen LogP contribution in [0.5, 0.6) is 0 Å². The number of carbonyl (C=O) groups is 2. The van der Waals surface area contributed by atoms with Crippen LogP contribution in [0.15, 0.2) is 40.3 Å². The zero-order valence-electron chi connectivity index (χ0n) is 13.4. The van der Waals surface area contributed by atoms with Gasteiger partial charge in [-0.05, 0) is 25.0 Å². The van der Waals surface area contributed by atoms with Gasteiger partial charge in [-0.1, -0.05) is 30.0 Å². The molecule has 0 unspecified atom stereocenters. The molecule has 9 heteroatoms. The molecule has 2 aromatic rings. The first-order valence-corrected chi connectivity index (χ1v) is 8.91. The minimum absolute atomic E-state index is 0.0110. The number of thioether (sulfide) groups is 1. The number of hydrogen-bond donors (Lipinski definition) is 2. The third-order valence-electron chi connectivity index (χ3n) is 3.75. The molecule has 2 N–H and O–H groups in total. The summed E-state index contributed by atoms with van der Waals surface area (Å²) in [6, 6.07) is 8.49. The molecule has 0 spiro atoms. The summed E-state index contributed by atoms with van der Waals surface area (Å²) in [7, 11) is 0. The number of aromatic nitrogens is 3. The molecule has 2 heterocycles. The predicted octanol–water partition coefficient (Wildman–Crippen LogP) is 0.799. The molecule has 0 saturated carbocycles. The molecule has 25 heavy (non-hydrogen) atoms. The normalized spacial score (nSPS) is 16.7. The average molecular weight is 362 g/mol. The molecule has 1 aliphatic rings. The van der Waals surface area contributed by atoms with E-state index in [4.69, 9.17) is 4.74 Å². The minimum atomic E-state index is -0.454. The van der Waals surface area contributed by atoms with Crippen LogP contribution in [0.25, 0.3) is 0 Å². The Morgan fingerprint density at radius 1 is 1.36 bits per heavy atom. The number of nitrogens with zero attached hydrogens (tertiary/aromatic N) is 2. The standard InChI is InChI=1S/C16H18N4O4S/c21-13(17-14(22)11-5-2-1-3-6-11)10-25-16-19-18-15(23)20(16)9-12-7-4-8-24-12/h1-3,5-6,12H,4,7-10H2,(H,18,23)(H,17,21,22)/t12-/m0/s1. The Balaban J connectivity index is 1.55. The molecule has 0 radical (unpaired) electrons. The summed E-state index contributed by atoms with van der Waals surface area (Å²) in [5.74, 6) is -0.920. The van der Waals surface area contributed by atoms with E-state index in [1.54, 1.807) is 30.3 Å². The van der Waals surface area contributed by atoms with Gasteiger partial charge in [-0.25, -0.2) is 9.89 Å². The Morgan fingerprint density at radius 2 is 2.16 bits per heavy atom. The van der Waals surface area contributed by atoms with E-state index in [1.165, 1.54) is 4.57 Å². The number of imide groups is 1. The molecule has 1 aliphatic heterocycles. The van der Waals surface area contributed by atoms with Crippen molar-refractivity contribution in [1.82, 2.24) is 20.1 Å². The van der Waals surface area contributed by atoms with Crippen LogP contribution in [0.2, 0.25) is 0 Å². The quantitative estimate of drug-likeness (QED) is 0.736. The summed E-state index contributed by atoms with van der Waals surface area (Å²) in [4.78, 5) is 35.7. The van der Waals surface area contributed by atoms with Gasteiger partial charge >= 0.3 is 5.69 Å². The van der Waals surface area contributed by atoms with Crippen LogP contribution in [0.1, 0.15) is 23.2 Å². The van der Waals surface area contributed by atoms with Crippen molar-refractivity contribution in [3.05, 3.63) is 46.4 Å². The second-order valence-electron chi connectivity index (χ2n) is 5.59. The Kier molecular flexibility index (Phi) is 5.67. The van der Waals surface area contributed by atoms with Crippen LogP contribution in [0, 0.1) is 0 Å². The number of carbonyl (C=O) groups excluding carboxylic acids is 2. The summed E-state index contributed by atoms with van der Waals surface area (Å²) in [5, 5.41) is 9.04. The third kappa shape index (κ3) is 4.58. The third-order valence-corrected chi connectivity index (χ3v) is 4.73. The van der Waals surface area contributed by atoms with Crippen LogP contribution < -0.4 is 11.0 Å². The highest BCUT2D eigenvalue weighted by Crippen LogP contribution is 2.17. The van der Waals surface area contributed by atoms with Crippen molar-refractivity contribution in [1.29, 1.82) is 0 Å². The highest BCUT2D eigenvalue weighted by atomic mass is 32.2. The van der Waals surface area contributed by atoms with E-state index in [-0.39, 0.29) is 17.5 Å². The van der Waals surface area contributed by atoms with Crippen molar-refractivity contribution >= 4 is 23.6 Å². The molecule has 8 nitrogen and oxygen atoms in total. The second kappa shape index (κ2) is 8.13. The smallest absolute Gasteiger partial charge is 0.344 e. The molecule has 1 saturated heterocycles. The van der Waals surface area contributed by atoms with Gasteiger partial charge in [-0.2, -0.15) is 0 Å². The predicted molar refractivity (Wildman–Crippen MR) is 91.5 cm³/mol. The lowest BCUT2D eigenvalue weighted by atomic mass is 10.2. The Labute approximate surface area is 148 Å². The van der Waals surface area contributed by atoms with Crippen molar-refractivity contribution in [3.63, 3.8) is 0 Å². The maximum absolute atomic E-state index is 12.0. The summed E-state index contributed by atoms with van der Waals surface area (Å²) < 4.78 is 6.99. The highest BCUT2D eigenvalue weighted by Gasteiger charge is 2.20. The summed E-state index contributed by atoms with van der Waals surface area (Å²) in [5.41, 5.74) is 0.0784. The Morgan fingerprint density at radius 3 is 2.88 bits per heavy atom. The van der Waals surface area contributed by atoms with Crippen molar-refractivity contribution in [2.24, 2.45) is 0 Å². The molecule has 1 aromatic heterocycles. The number of rotatable bonds is 6. The maximum atomic E-state index is 12.0. The van der Waals surface area contributed by atoms with Gasteiger partial charge in [0.2, 0.25) is 5.91 Å². The van der Waals surface area contributed by atoms with E-state index in [0.29, 0.717) is 23.9 Å². The molecule has 132 valence electrons. The van der Waals surface area contributed by atoms with Crippen LogP contribution in [0.3, 0.4) is 0 Å². The van der Waals surface area contributed by atoms with E-state index in [9.17, 15) is 14.4 Å². The summed E-state index contributed by atoms with van der Waals surface area (Å²) in [6.07, 6.45) is 1.86. The number of benzene rings is 1. The number of ether oxygens (including phenoxy) is 1. The molecule has 0 bridgehead atoms. The molecule has 1 atom stereocenters. The van der Waals surface area contributed by atoms with Crippen molar-refractivity contribution in [3.8, 4) is 0 Å². The van der Waals surface area contributed by atoms with Crippen molar-refractivity contribution in [2.75, 3.05) is 12.4 Å². The topological polar surface area (TPSA) is 106 Å². The maximum Gasteiger partial charge on any atom is 0.344 e. The zero-order valence-corrected chi connectivity index (χ0v) is 14.3. The van der Waals surface area contributed by atoms with Gasteiger partial charge in [0.05, 0.1) is 18.4 Å². The van der Waals surface area contributed by atoms with E-state index in [1.807, 2.05) is 0 Å². The molecule has 1 aromatic carbocycles. The summed E-state index contributed by atoms with van der Waals surface area (Å²) in [6.45, 7) is 1.10. The van der Waals surface area contributed by atoms with Crippen LogP contribution in [0.4, 0.5) is 0 Å². The van der Waals surface area contributed by atoms with E-state index in [2.05, 4.69) is 15.5 Å². The number of H-pyrrole nitrogens is 1. The lowest BCUT2D eigenvalue weighted by molar-refractivity contribution is -0.117. The first kappa shape index (κ1) is 17.4. The first-order chi connectivity index (χ1) is 12.1. The van der Waals surface area contributed by atoms with Gasteiger partial charge < -0.3 is 4.74 Å². The Bertz CT molecular complexity index is 796. The molecular formula is C16H18N4O4S. The summed E-state index contributed by atoms with van der Waals surface area (Å²) >= 11 is 1.10. The van der Waals surface area contributed by atoms with Crippen molar-refractivity contribution in [2.45, 2.75) is 30.6 Å². The largest absolute Gasteiger partial charge is 0.376 e. The number of nitrogens with one attached hydrogen (secondary N) is 2. The van der Waals surface area contributed by atoms with Gasteiger partial charge in [0.25, 0.3) is 5.91 Å². The van der Waals surface area contributed by atoms with Gasteiger partial charge in [-0.3, -0.25) is 19.5 Å². The van der Waals surface area contributed by atoms with E-state index < -0.39 is 11.8 Å². The lowest BCUT2D eigenvalue weighted by Crippen LogP contribution is -2.32. The number of hydrogen-bond acceptors (Lipinski definition) is 6. The van der Waals surface area contributed by atoms with Gasteiger partial charge in [0, 0.05) is 12.2 Å². The second-order valence-corrected chi connectivity index (χ2v) is 6.53. The minimum Gasteiger partial charge on any atom is -0.376 e. The highest BCUT2D eigenvalue weighted by molar-refractivity contribution is 7.99. The number of amides is 2. The molecule has 2 amide bonds. The first-order valence-electron chi connectivity index (χ1n) is 7.92. The fourth-order valence-corrected chi connectivity index (χ4v) is 3.28. The van der Waals surface area contributed by atoms with Gasteiger partial charge in [-0.15, -0.1) is 5.10 Å². The SMILES string of the molecule is O=C(CSc1n[nH]c(=O)n1C[C@@H]1CCCO1)NC(=O)c1ccccc1. The fourth-order valence-electron chi connectivity index (χ4n) is 2.52. The van der Waals surface area contributed by atoms with Gasteiger partial charge in [0.1, 0.15) is 0 Å². The molecule has 3 rings (SSSR count). The Hall–Kier alpha value is -2.39. The van der Waals surface area contributed by atoms with Crippen LogP contribution >= 0.6 is 11.8 Å². The molecule has 0 aliphatic carbocycles. The van der Waals surface area contributed by atoms with E-state index in [0.717, 1.165) is 24.6 Å².